The molecule has 1 saturated heterocycles. The van der Waals surface area contributed by atoms with Crippen molar-refractivity contribution in [2.45, 2.75) is 12.6 Å². The molecular formula is C18H22N6O. The van der Waals surface area contributed by atoms with Gasteiger partial charge in [0.2, 0.25) is 0 Å². The second-order valence-electron chi connectivity index (χ2n) is 6.27. The van der Waals surface area contributed by atoms with Gasteiger partial charge in [-0.15, -0.1) is 0 Å². The number of ether oxygens (including phenoxy) is 1. The molecule has 130 valence electrons. The summed E-state index contributed by atoms with van der Waals surface area (Å²) in [5, 5.41) is 8.94. The Morgan fingerprint density at radius 1 is 1.24 bits per heavy atom. The lowest BCUT2D eigenvalue weighted by Crippen LogP contribution is -2.46. The minimum Gasteiger partial charge on any atom is -0.377 e. The van der Waals surface area contributed by atoms with Crippen molar-refractivity contribution >= 4 is 16.9 Å². The van der Waals surface area contributed by atoms with Crippen molar-refractivity contribution < 1.29 is 4.74 Å². The highest BCUT2D eigenvalue weighted by Crippen LogP contribution is 2.27. The lowest BCUT2D eigenvalue weighted by Gasteiger charge is -2.35. The lowest BCUT2D eigenvalue weighted by atomic mass is 10.0. The van der Waals surface area contributed by atoms with Crippen molar-refractivity contribution in [2.24, 2.45) is 7.05 Å². The Morgan fingerprint density at radius 2 is 2.08 bits per heavy atom. The number of nitrogens with one attached hydrogen (secondary N) is 1. The normalized spacial score (nSPS) is 18.0. The summed E-state index contributed by atoms with van der Waals surface area (Å²) >= 11 is 0. The Bertz CT molecular complexity index is 863. The van der Waals surface area contributed by atoms with Crippen LogP contribution in [0.4, 0.5) is 5.82 Å². The van der Waals surface area contributed by atoms with E-state index < -0.39 is 0 Å². The molecule has 1 atom stereocenters. The van der Waals surface area contributed by atoms with Crippen LogP contribution >= 0.6 is 0 Å². The number of hydrogen-bond donors (Lipinski definition) is 1. The van der Waals surface area contributed by atoms with Gasteiger partial charge in [-0.25, -0.2) is 9.97 Å². The molecule has 1 aromatic carbocycles. The highest BCUT2D eigenvalue weighted by atomic mass is 16.5. The van der Waals surface area contributed by atoms with Crippen molar-refractivity contribution in [3.05, 3.63) is 47.9 Å². The van der Waals surface area contributed by atoms with Gasteiger partial charge in [0.05, 0.1) is 11.6 Å². The van der Waals surface area contributed by atoms with Crippen LogP contribution in [0.3, 0.4) is 0 Å². The van der Waals surface area contributed by atoms with E-state index in [1.165, 1.54) is 5.56 Å². The summed E-state index contributed by atoms with van der Waals surface area (Å²) < 4.78 is 7.03. The second-order valence-corrected chi connectivity index (χ2v) is 6.27. The first-order chi connectivity index (χ1) is 12.3. The van der Waals surface area contributed by atoms with Crippen molar-refractivity contribution in [2.75, 3.05) is 31.6 Å². The van der Waals surface area contributed by atoms with Crippen LogP contribution in [-0.4, -0.2) is 46.5 Å². The zero-order chi connectivity index (χ0) is 17.2. The highest BCUT2D eigenvalue weighted by molar-refractivity contribution is 5.87. The van der Waals surface area contributed by atoms with Gasteiger partial charge in [0.1, 0.15) is 12.4 Å². The second kappa shape index (κ2) is 6.78. The van der Waals surface area contributed by atoms with Gasteiger partial charge < -0.3 is 15.0 Å². The number of aromatic nitrogens is 4. The van der Waals surface area contributed by atoms with E-state index in [2.05, 4.69) is 44.6 Å². The minimum atomic E-state index is 0.280. The molecule has 1 aliphatic heterocycles. The molecule has 7 heteroatoms. The predicted octanol–water partition coefficient (Wildman–Crippen LogP) is 1.66. The van der Waals surface area contributed by atoms with E-state index in [0.29, 0.717) is 12.4 Å². The number of fused-ring (bicyclic) bond motifs is 1. The topological polar surface area (TPSA) is 68.1 Å². The average Bonchev–Trinajstić information content (AvgIpc) is 3.03. The number of hydrogen-bond acceptors (Lipinski definition) is 6. The van der Waals surface area contributed by atoms with Gasteiger partial charge in [-0.3, -0.25) is 4.68 Å². The summed E-state index contributed by atoms with van der Waals surface area (Å²) in [7, 11) is 3.56. The van der Waals surface area contributed by atoms with E-state index in [1.54, 1.807) is 11.8 Å². The average molecular weight is 338 g/mol. The Hall–Kier alpha value is -2.51. The van der Waals surface area contributed by atoms with E-state index >= 15 is 0 Å². The van der Waals surface area contributed by atoms with Crippen LogP contribution in [-0.2, 0) is 18.4 Å². The maximum absolute atomic E-state index is 5.24. The van der Waals surface area contributed by atoms with Crippen LogP contribution in [0.25, 0.3) is 11.0 Å². The molecule has 1 aliphatic rings. The molecule has 3 heterocycles. The zero-order valence-electron chi connectivity index (χ0n) is 14.5. The monoisotopic (exact) mass is 338 g/mol. The zero-order valence-corrected chi connectivity index (χ0v) is 14.5. The minimum absolute atomic E-state index is 0.280. The first kappa shape index (κ1) is 16.0. The van der Waals surface area contributed by atoms with E-state index in [0.717, 1.165) is 36.5 Å². The van der Waals surface area contributed by atoms with Crippen LogP contribution in [0.15, 0.2) is 36.5 Å². The predicted molar refractivity (Wildman–Crippen MR) is 96.4 cm³/mol. The molecule has 25 heavy (non-hydrogen) atoms. The molecular weight excluding hydrogens is 316 g/mol. The molecule has 1 N–H and O–H groups in total. The Kier molecular flexibility index (Phi) is 4.33. The molecule has 0 saturated carbocycles. The van der Waals surface area contributed by atoms with Gasteiger partial charge in [0, 0.05) is 39.8 Å². The first-order valence-corrected chi connectivity index (χ1v) is 8.47. The van der Waals surface area contributed by atoms with Crippen LogP contribution in [0.5, 0.6) is 0 Å². The standard InChI is InChI=1S/C18H22N6O/c1-23-17-14(10-20-23)18(22-16(21-17)12-25-2)24-9-8-19-15(11-24)13-6-4-3-5-7-13/h3-7,10,15,19H,8-9,11-12H2,1-2H3/t15-/m0/s1. The molecule has 0 spiro atoms. The summed E-state index contributed by atoms with van der Waals surface area (Å²) in [6, 6.07) is 10.8. The maximum Gasteiger partial charge on any atom is 0.163 e. The number of rotatable bonds is 4. The van der Waals surface area contributed by atoms with E-state index in [9.17, 15) is 0 Å². The third kappa shape index (κ3) is 3.08. The number of anilines is 1. The fourth-order valence-corrected chi connectivity index (χ4v) is 3.34. The van der Waals surface area contributed by atoms with Crippen LogP contribution in [0, 0.1) is 0 Å². The molecule has 0 bridgehead atoms. The fraction of sp³-hybridized carbons (Fsp3) is 0.389. The Morgan fingerprint density at radius 3 is 2.88 bits per heavy atom. The number of benzene rings is 1. The summed E-state index contributed by atoms with van der Waals surface area (Å²) in [5.74, 6) is 1.62. The van der Waals surface area contributed by atoms with Crippen molar-refractivity contribution in [1.29, 1.82) is 0 Å². The molecule has 0 unspecified atom stereocenters. The highest BCUT2D eigenvalue weighted by Gasteiger charge is 2.24. The molecule has 4 rings (SSSR count). The molecule has 3 aromatic rings. The fourth-order valence-electron chi connectivity index (χ4n) is 3.34. The molecule has 0 amide bonds. The van der Waals surface area contributed by atoms with E-state index in [-0.39, 0.29) is 6.04 Å². The first-order valence-electron chi connectivity index (χ1n) is 8.47. The number of piperazine rings is 1. The number of nitrogens with zero attached hydrogens (tertiary/aromatic N) is 5. The number of aryl methyl sites for hydroxylation is 1. The third-order valence-electron chi connectivity index (χ3n) is 4.57. The Labute approximate surface area is 146 Å². The van der Waals surface area contributed by atoms with Crippen LogP contribution in [0.2, 0.25) is 0 Å². The summed E-state index contributed by atoms with van der Waals surface area (Å²) in [5.41, 5.74) is 2.13. The largest absolute Gasteiger partial charge is 0.377 e. The van der Waals surface area contributed by atoms with Gasteiger partial charge in [-0.05, 0) is 5.56 Å². The summed E-state index contributed by atoms with van der Waals surface area (Å²) in [4.78, 5) is 11.7. The third-order valence-corrected chi connectivity index (χ3v) is 4.57. The quantitative estimate of drug-likeness (QED) is 0.780. The SMILES string of the molecule is COCc1nc(N2CCN[C@H](c3ccccc3)C2)c2cnn(C)c2n1. The van der Waals surface area contributed by atoms with Crippen molar-refractivity contribution in [3.63, 3.8) is 0 Å². The van der Waals surface area contributed by atoms with E-state index in [4.69, 9.17) is 9.72 Å². The molecule has 7 nitrogen and oxygen atoms in total. The molecule has 2 aromatic heterocycles. The van der Waals surface area contributed by atoms with Gasteiger partial charge in [-0.2, -0.15) is 5.10 Å². The maximum atomic E-state index is 5.24. The van der Waals surface area contributed by atoms with Crippen LogP contribution in [0.1, 0.15) is 17.4 Å². The summed E-state index contributed by atoms with van der Waals surface area (Å²) in [6.07, 6.45) is 1.85. The smallest absolute Gasteiger partial charge is 0.163 e. The van der Waals surface area contributed by atoms with Crippen molar-refractivity contribution in [1.82, 2.24) is 25.1 Å². The summed E-state index contributed by atoms with van der Waals surface area (Å²) in [6.45, 7) is 3.06. The number of methoxy groups -OCH3 is 1. The van der Waals surface area contributed by atoms with Crippen LogP contribution < -0.4 is 10.2 Å². The van der Waals surface area contributed by atoms with Gasteiger partial charge >= 0.3 is 0 Å². The van der Waals surface area contributed by atoms with Crippen molar-refractivity contribution in [3.8, 4) is 0 Å². The van der Waals surface area contributed by atoms with Gasteiger partial charge in [-0.1, -0.05) is 30.3 Å². The van der Waals surface area contributed by atoms with Gasteiger partial charge in [0.15, 0.2) is 11.5 Å². The lowest BCUT2D eigenvalue weighted by molar-refractivity contribution is 0.178. The molecule has 0 radical (unpaired) electrons. The Balaban J connectivity index is 1.70. The molecule has 0 aliphatic carbocycles. The van der Waals surface area contributed by atoms with E-state index in [1.807, 2.05) is 19.3 Å². The van der Waals surface area contributed by atoms with Gasteiger partial charge in [0.25, 0.3) is 0 Å². The molecule has 1 fully saturated rings.